The molecule has 0 aliphatic heterocycles. The Kier molecular flexibility index (Phi) is 13.0. The Balaban J connectivity index is 0. The van der Waals surface area contributed by atoms with Crippen LogP contribution in [0.15, 0.2) is 11.1 Å². The monoisotopic (exact) mass is 353 g/mol. The van der Waals surface area contributed by atoms with E-state index in [1.807, 2.05) is 20.0 Å². The van der Waals surface area contributed by atoms with Crippen LogP contribution >= 0.6 is 36.6 Å². The predicted octanol–water partition coefficient (Wildman–Crippen LogP) is 4.33. The van der Waals surface area contributed by atoms with E-state index in [-0.39, 0.29) is 30.2 Å². The highest BCUT2D eigenvalue weighted by Gasteiger charge is 2.15. The Labute approximate surface area is 142 Å². The van der Waals surface area contributed by atoms with Gasteiger partial charge < -0.3 is 5.32 Å². The van der Waals surface area contributed by atoms with Gasteiger partial charge in [-0.1, -0.05) is 38.5 Å². The van der Waals surface area contributed by atoms with Crippen LogP contribution in [0.4, 0.5) is 4.39 Å². The number of thioether (sulfide) groups is 1. The average Bonchev–Trinajstić information content (AvgIpc) is 2.44. The molecule has 1 aromatic heterocycles. The SMILES string of the molecule is CCCCC(NC)Sc1nc(CC)c(F)cc1C#N.Cl.Cl. The van der Waals surface area contributed by atoms with Crippen LogP contribution in [0.3, 0.4) is 0 Å². The van der Waals surface area contributed by atoms with Crippen molar-refractivity contribution in [3.8, 4) is 6.07 Å². The Morgan fingerprint density at radius 1 is 1.43 bits per heavy atom. The molecule has 21 heavy (non-hydrogen) atoms. The molecule has 0 spiro atoms. The molecule has 0 radical (unpaired) electrons. The highest BCUT2D eigenvalue weighted by atomic mass is 35.5. The summed E-state index contributed by atoms with van der Waals surface area (Å²) in [6, 6.07) is 3.31. The molecule has 1 N–H and O–H groups in total. The van der Waals surface area contributed by atoms with Crippen LogP contribution in [0.1, 0.15) is 44.4 Å². The second kappa shape index (κ2) is 12.0. The molecule has 0 aromatic carbocycles. The summed E-state index contributed by atoms with van der Waals surface area (Å²) in [7, 11) is 1.89. The smallest absolute Gasteiger partial charge is 0.146 e. The van der Waals surface area contributed by atoms with Gasteiger partial charge in [0.2, 0.25) is 0 Å². The molecule has 1 rings (SSSR count). The number of halogens is 3. The molecule has 0 fully saturated rings. The second-order valence-electron chi connectivity index (χ2n) is 4.27. The zero-order chi connectivity index (χ0) is 14.3. The number of nitrogens with one attached hydrogen (secondary N) is 1. The van der Waals surface area contributed by atoms with Gasteiger partial charge in [-0.05, 0) is 26.0 Å². The van der Waals surface area contributed by atoms with E-state index < -0.39 is 5.82 Å². The number of unbranched alkanes of at least 4 members (excludes halogenated alkanes) is 1. The van der Waals surface area contributed by atoms with Crippen LogP contribution < -0.4 is 5.32 Å². The van der Waals surface area contributed by atoms with Crippen molar-refractivity contribution >= 4 is 36.6 Å². The minimum atomic E-state index is -0.391. The molecule has 7 heteroatoms. The zero-order valence-electron chi connectivity index (χ0n) is 12.5. The van der Waals surface area contributed by atoms with Crippen molar-refractivity contribution < 1.29 is 4.39 Å². The molecule has 0 bridgehead atoms. The zero-order valence-corrected chi connectivity index (χ0v) is 14.9. The Bertz CT molecular complexity index is 466. The van der Waals surface area contributed by atoms with Crippen molar-refractivity contribution in [1.82, 2.24) is 10.3 Å². The lowest BCUT2D eigenvalue weighted by Crippen LogP contribution is -2.21. The largest absolute Gasteiger partial charge is 0.308 e. The van der Waals surface area contributed by atoms with Crippen molar-refractivity contribution in [3.63, 3.8) is 0 Å². The second-order valence-corrected chi connectivity index (χ2v) is 5.46. The summed E-state index contributed by atoms with van der Waals surface area (Å²) >= 11 is 1.51. The number of rotatable bonds is 7. The molecule has 3 nitrogen and oxygen atoms in total. The third-order valence-corrected chi connectivity index (χ3v) is 4.16. The molecule has 120 valence electrons. The maximum absolute atomic E-state index is 13.6. The fourth-order valence-electron chi connectivity index (χ4n) is 1.71. The molecular formula is C14H22Cl2FN3S. The summed E-state index contributed by atoms with van der Waals surface area (Å²) in [4.78, 5) is 4.28. The Hall–Kier alpha value is -0.540. The fourth-order valence-corrected chi connectivity index (χ4v) is 2.78. The number of nitriles is 1. The Morgan fingerprint density at radius 3 is 2.57 bits per heavy atom. The van der Waals surface area contributed by atoms with Gasteiger partial charge in [-0.15, -0.1) is 24.8 Å². The lowest BCUT2D eigenvalue weighted by molar-refractivity contribution is 0.594. The van der Waals surface area contributed by atoms with Gasteiger partial charge in [0.25, 0.3) is 0 Å². The van der Waals surface area contributed by atoms with Crippen molar-refractivity contribution in [2.24, 2.45) is 0 Å². The average molecular weight is 354 g/mol. The summed E-state index contributed by atoms with van der Waals surface area (Å²) in [6.07, 6.45) is 3.77. The first-order chi connectivity index (χ1) is 9.15. The van der Waals surface area contributed by atoms with E-state index in [0.717, 1.165) is 19.3 Å². The highest BCUT2D eigenvalue weighted by Crippen LogP contribution is 2.27. The summed E-state index contributed by atoms with van der Waals surface area (Å²) in [5.74, 6) is -0.391. The topological polar surface area (TPSA) is 48.7 Å². The summed E-state index contributed by atoms with van der Waals surface area (Å²) < 4.78 is 13.6. The molecule has 0 amide bonds. The minimum absolute atomic E-state index is 0. The molecule has 0 saturated heterocycles. The van der Waals surface area contributed by atoms with Gasteiger partial charge in [-0.25, -0.2) is 9.37 Å². The van der Waals surface area contributed by atoms with Crippen molar-refractivity contribution in [2.45, 2.75) is 49.9 Å². The molecule has 1 aromatic rings. The summed E-state index contributed by atoms with van der Waals surface area (Å²) in [5.41, 5.74) is 0.739. The number of aromatic nitrogens is 1. The van der Waals surface area contributed by atoms with Gasteiger partial charge >= 0.3 is 0 Å². The van der Waals surface area contributed by atoms with Crippen LogP contribution in [0.25, 0.3) is 0 Å². The van der Waals surface area contributed by atoms with Gasteiger partial charge in [-0.3, -0.25) is 0 Å². The number of hydrogen-bond donors (Lipinski definition) is 1. The van der Waals surface area contributed by atoms with E-state index in [2.05, 4.69) is 17.2 Å². The summed E-state index contributed by atoms with van der Waals surface area (Å²) in [5, 5.41) is 13.1. The number of nitrogens with zero attached hydrogens (tertiary/aromatic N) is 2. The lowest BCUT2D eigenvalue weighted by atomic mass is 10.2. The van der Waals surface area contributed by atoms with Crippen LogP contribution in [0.5, 0.6) is 0 Å². The quantitative estimate of drug-likeness (QED) is 0.585. The molecule has 1 unspecified atom stereocenters. The van der Waals surface area contributed by atoms with Crippen molar-refractivity contribution in [3.05, 3.63) is 23.1 Å². The van der Waals surface area contributed by atoms with E-state index in [1.54, 1.807) is 0 Å². The van der Waals surface area contributed by atoms with Gasteiger partial charge in [0.05, 0.1) is 16.6 Å². The van der Waals surface area contributed by atoms with Gasteiger partial charge in [0, 0.05) is 0 Å². The molecule has 1 heterocycles. The number of pyridine rings is 1. The molecule has 0 aliphatic rings. The molecule has 1 atom stereocenters. The van der Waals surface area contributed by atoms with E-state index >= 15 is 0 Å². The number of aryl methyl sites for hydroxylation is 1. The normalized spacial score (nSPS) is 11.0. The van der Waals surface area contributed by atoms with E-state index in [4.69, 9.17) is 5.26 Å². The van der Waals surface area contributed by atoms with Crippen LogP contribution in [-0.4, -0.2) is 17.4 Å². The van der Waals surface area contributed by atoms with E-state index in [9.17, 15) is 4.39 Å². The maximum atomic E-state index is 13.6. The first-order valence-corrected chi connectivity index (χ1v) is 7.47. The standard InChI is InChI=1S/C14H20FN3S.2ClH/c1-4-6-7-13(17-3)19-14-10(9-16)8-11(15)12(5-2)18-14;;/h8,13,17H,4-7H2,1-3H3;2*1H. The van der Waals surface area contributed by atoms with Crippen LogP contribution in [0.2, 0.25) is 0 Å². The lowest BCUT2D eigenvalue weighted by Gasteiger charge is -2.16. The van der Waals surface area contributed by atoms with Crippen molar-refractivity contribution in [1.29, 1.82) is 5.26 Å². The molecule has 0 aliphatic carbocycles. The third-order valence-electron chi connectivity index (χ3n) is 2.86. The van der Waals surface area contributed by atoms with Gasteiger partial charge in [-0.2, -0.15) is 5.26 Å². The van der Waals surface area contributed by atoms with E-state index in [1.165, 1.54) is 17.8 Å². The van der Waals surface area contributed by atoms with Gasteiger partial charge in [0.1, 0.15) is 16.9 Å². The Morgan fingerprint density at radius 2 is 2.10 bits per heavy atom. The minimum Gasteiger partial charge on any atom is -0.308 e. The predicted molar refractivity (Wildman–Crippen MR) is 91.0 cm³/mol. The van der Waals surface area contributed by atoms with Crippen LogP contribution in [-0.2, 0) is 6.42 Å². The molecule has 0 saturated carbocycles. The highest BCUT2D eigenvalue weighted by molar-refractivity contribution is 7.99. The van der Waals surface area contributed by atoms with Crippen LogP contribution in [0, 0.1) is 17.1 Å². The maximum Gasteiger partial charge on any atom is 0.146 e. The third kappa shape index (κ3) is 6.84. The van der Waals surface area contributed by atoms with E-state index in [0.29, 0.717) is 22.7 Å². The molecular weight excluding hydrogens is 332 g/mol. The fraction of sp³-hybridized carbons (Fsp3) is 0.571. The first kappa shape index (κ1) is 22.7. The van der Waals surface area contributed by atoms with Crippen molar-refractivity contribution in [2.75, 3.05) is 7.05 Å². The summed E-state index contributed by atoms with van der Waals surface area (Å²) in [6.45, 7) is 4.00. The first-order valence-electron chi connectivity index (χ1n) is 6.59. The van der Waals surface area contributed by atoms with Gasteiger partial charge in [0.15, 0.2) is 0 Å². The number of hydrogen-bond acceptors (Lipinski definition) is 4.